The first-order chi connectivity index (χ1) is 10.2. The molecule has 1 heterocycles. The highest BCUT2D eigenvalue weighted by Crippen LogP contribution is 2.10. The predicted molar refractivity (Wildman–Crippen MR) is 74.8 cm³/mol. The summed E-state index contributed by atoms with van der Waals surface area (Å²) in [4.78, 5) is 25.4. The molecule has 0 aromatic heterocycles. The number of carbonyl (C=O) groups is 2. The molecule has 2 rings (SSSR count). The molecule has 1 atom stereocenters. The molecule has 21 heavy (non-hydrogen) atoms. The molecule has 1 aromatic carbocycles. The number of nitrogens with zero attached hydrogens (tertiary/aromatic N) is 1. The lowest BCUT2D eigenvalue weighted by Crippen LogP contribution is -2.44. The molecule has 0 saturated carbocycles. The van der Waals surface area contributed by atoms with Crippen molar-refractivity contribution in [3.8, 4) is 0 Å². The SMILES string of the molecule is COC(=O)[C@H](Cc1ccccc1)OC(=O)N1CCOCC1. The van der Waals surface area contributed by atoms with Crippen molar-refractivity contribution in [2.45, 2.75) is 12.5 Å². The van der Waals surface area contributed by atoms with E-state index in [1.54, 1.807) is 0 Å². The van der Waals surface area contributed by atoms with Crippen LogP contribution in [0.2, 0.25) is 0 Å². The standard InChI is InChI=1S/C15H19NO5/c1-19-14(17)13(11-12-5-3-2-4-6-12)21-15(18)16-7-9-20-10-8-16/h2-6,13H,7-11H2,1H3/t13-/m0/s1. The Morgan fingerprint density at radius 2 is 1.90 bits per heavy atom. The summed E-state index contributed by atoms with van der Waals surface area (Å²) in [6.45, 7) is 1.91. The van der Waals surface area contributed by atoms with E-state index in [4.69, 9.17) is 14.2 Å². The van der Waals surface area contributed by atoms with Crippen molar-refractivity contribution in [1.82, 2.24) is 4.90 Å². The lowest BCUT2D eigenvalue weighted by Gasteiger charge is -2.27. The molecule has 0 aliphatic carbocycles. The number of benzene rings is 1. The zero-order chi connectivity index (χ0) is 15.1. The Bertz CT molecular complexity index is 470. The maximum absolute atomic E-state index is 12.1. The highest BCUT2D eigenvalue weighted by atomic mass is 16.6. The molecule has 1 amide bonds. The fourth-order valence-corrected chi connectivity index (χ4v) is 2.07. The van der Waals surface area contributed by atoms with Crippen molar-refractivity contribution in [3.05, 3.63) is 35.9 Å². The third-order valence-electron chi connectivity index (χ3n) is 3.24. The number of esters is 1. The van der Waals surface area contributed by atoms with Gasteiger partial charge in [0.25, 0.3) is 0 Å². The van der Waals surface area contributed by atoms with E-state index in [-0.39, 0.29) is 0 Å². The van der Waals surface area contributed by atoms with Gasteiger partial charge in [-0.2, -0.15) is 0 Å². The maximum atomic E-state index is 12.1. The van der Waals surface area contributed by atoms with Crippen LogP contribution in [0.25, 0.3) is 0 Å². The van der Waals surface area contributed by atoms with Gasteiger partial charge >= 0.3 is 12.1 Å². The Kier molecular flexibility index (Phi) is 5.57. The molecule has 1 aromatic rings. The second-order valence-electron chi connectivity index (χ2n) is 4.68. The number of hydrogen-bond donors (Lipinski definition) is 0. The second-order valence-corrected chi connectivity index (χ2v) is 4.68. The van der Waals surface area contributed by atoms with E-state index in [0.717, 1.165) is 5.56 Å². The largest absolute Gasteiger partial charge is 0.466 e. The van der Waals surface area contributed by atoms with Gasteiger partial charge in [-0.25, -0.2) is 9.59 Å². The molecule has 114 valence electrons. The van der Waals surface area contributed by atoms with Crippen LogP contribution < -0.4 is 0 Å². The highest BCUT2D eigenvalue weighted by Gasteiger charge is 2.27. The van der Waals surface area contributed by atoms with Crippen LogP contribution in [0.1, 0.15) is 5.56 Å². The van der Waals surface area contributed by atoms with Crippen LogP contribution in [0.4, 0.5) is 4.79 Å². The fourth-order valence-electron chi connectivity index (χ4n) is 2.07. The minimum atomic E-state index is -0.937. The Labute approximate surface area is 123 Å². The number of rotatable bonds is 4. The van der Waals surface area contributed by atoms with Gasteiger partial charge in [0.05, 0.1) is 20.3 Å². The van der Waals surface area contributed by atoms with Gasteiger partial charge in [0, 0.05) is 19.5 Å². The summed E-state index contributed by atoms with van der Waals surface area (Å²) in [6.07, 6.45) is -1.15. The van der Waals surface area contributed by atoms with Crippen molar-refractivity contribution in [2.24, 2.45) is 0 Å². The molecule has 0 radical (unpaired) electrons. The molecule has 6 heteroatoms. The van der Waals surface area contributed by atoms with Gasteiger partial charge in [-0.1, -0.05) is 30.3 Å². The molecule has 0 spiro atoms. The Balaban J connectivity index is 1.99. The van der Waals surface area contributed by atoms with Crippen molar-refractivity contribution in [3.63, 3.8) is 0 Å². The summed E-state index contributed by atoms with van der Waals surface area (Å²) in [6, 6.07) is 9.37. The average molecular weight is 293 g/mol. The molecular weight excluding hydrogens is 274 g/mol. The quantitative estimate of drug-likeness (QED) is 0.781. The predicted octanol–water partition coefficient (Wildman–Crippen LogP) is 1.24. The molecule has 1 aliphatic heterocycles. The van der Waals surface area contributed by atoms with Crippen molar-refractivity contribution in [1.29, 1.82) is 0 Å². The number of ether oxygens (including phenoxy) is 3. The van der Waals surface area contributed by atoms with Crippen LogP contribution in [0.5, 0.6) is 0 Å². The smallest absolute Gasteiger partial charge is 0.410 e. The first kappa shape index (κ1) is 15.3. The molecule has 0 unspecified atom stereocenters. The number of carbonyl (C=O) groups excluding carboxylic acids is 2. The van der Waals surface area contributed by atoms with E-state index in [9.17, 15) is 9.59 Å². The van der Waals surface area contributed by atoms with E-state index in [0.29, 0.717) is 32.7 Å². The number of methoxy groups -OCH3 is 1. The zero-order valence-electron chi connectivity index (χ0n) is 12.0. The molecule has 0 N–H and O–H groups in total. The van der Waals surface area contributed by atoms with Crippen LogP contribution in [-0.2, 0) is 25.4 Å². The van der Waals surface area contributed by atoms with E-state index in [1.807, 2.05) is 30.3 Å². The normalized spacial score (nSPS) is 16.1. The van der Waals surface area contributed by atoms with E-state index in [2.05, 4.69) is 0 Å². The van der Waals surface area contributed by atoms with Crippen molar-refractivity contribution >= 4 is 12.1 Å². The average Bonchev–Trinajstić information content (AvgIpc) is 2.55. The molecular formula is C15H19NO5. The summed E-state index contributed by atoms with van der Waals surface area (Å²) in [5, 5.41) is 0. The summed E-state index contributed by atoms with van der Waals surface area (Å²) in [7, 11) is 1.28. The number of morpholine rings is 1. The van der Waals surface area contributed by atoms with Gasteiger partial charge < -0.3 is 19.1 Å². The molecule has 1 fully saturated rings. The first-order valence-corrected chi connectivity index (χ1v) is 6.86. The number of hydrogen-bond acceptors (Lipinski definition) is 5. The van der Waals surface area contributed by atoms with Crippen LogP contribution in [-0.4, -0.2) is 56.5 Å². The second kappa shape index (κ2) is 7.64. The molecule has 0 bridgehead atoms. The minimum absolute atomic E-state index is 0.295. The zero-order valence-corrected chi connectivity index (χ0v) is 12.0. The Hall–Kier alpha value is -2.08. The minimum Gasteiger partial charge on any atom is -0.466 e. The van der Waals surface area contributed by atoms with Gasteiger partial charge in [0.15, 0.2) is 0 Å². The van der Waals surface area contributed by atoms with E-state index in [1.165, 1.54) is 12.0 Å². The molecule has 6 nitrogen and oxygen atoms in total. The summed E-state index contributed by atoms with van der Waals surface area (Å²) in [5.41, 5.74) is 0.905. The van der Waals surface area contributed by atoms with Crippen LogP contribution in [0.15, 0.2) is 30.3 Å². The monoisotopic (exact) mass is 293 g/mol. The topological polar surface area (TPSA) is 65.1 Å². The van der Waals surface area contributed by atoms with Gasteiger partial charge in [0.2, 0.25) is 6.10 Å². The van der Waals surface area contributed by atoms with Gasteiger partial charge in [-0.05, 0) is 5.56 Å². The van der Waals surface area contributed by atoms with E-state index >= 15 is 0 Å². The summed E-state index contributed by atoms with van der Waals surface area (Å²) < 4.78 is 15.2. The van der Waals surface area contributed by atoms with Gasteiger partial charge in [-0.15, -0.1) is 0 Å². The van der Waals surface area contributed by atoms with E-state index < -0.39 is 18.2 Å². The number of amides is 1. The third kappa shape index (κ3) is 4.46. The van der Waals surface area contributed by atoms with Crippen LogP contribution in [0, 0.1) is 0 Å². The molecule has 1 saturated heterocycles. The Morgan fingerprint density at radius 1 is 1.24 bits per heavy atom. The fraction of sp³-hybridized carbons (Fsp3) is 0.467. The van der Waals surface area contributed by atoms with Gasteiger partial charge in [-0.3, -0.25) is 0 Å². The lowest BCUT2D eigenvalue weighted by atomic mass is 10.1. The molecule has 1 aliphatic rings. The first-order valence-electron chi connectivity index (χ1n) is 6.86. The summed E-state index contributed by atoms with van der Waals surface area (Å²) >= 11 is 0. The lowest BCUT2D eigenvalue weighted by molar-refractivity contribution is -0.151. The maximum Gasteiger partial charge on any atom is 0.410 e. The van der Waals surface area contributed by atoms with Crippen LogP contribution in [0.3, 0.4) is 0 Å². The summed E-state index contributed by atoms with van der Waals surface area (Å²) in [5.74, 6) is -0.555. The van der Waals surface area contributed by atoms with Crippen LogP contribution >= 0.6 is 0 Å². The van der Waals surface area contributed by atoms with Gasteiger partial charge in [0.1, 0.15) is 0 Å². The van der Waals surface area contributed by atoms with Crippen molar-refractivity contribution < 1.29 is 23.8 Å². The third-order valence-corrected chi connectivity index (χ3v) is 3.24. The highest BCUT2D eigenvalue weighted by molar-refractivity contribution is 5.79. The van der Waals surface area contributed by atoms with Crippen molar-refractivity contribution in [2.75, 3.05) is 33.4 Å². The Morgan fingerprint density at radius 3 is 2.52 bits per heavy atom.